The minimum Gasteiger partial charge on any atom is -0.394 e. The lowest BCUT2D eigenvalue weighted by molar-refractivity contribution is -0.340. The molecule has 0 spiro atoms. The van der Waals surface area contributed by atoms with Gasteiger partial charge in [-0.3, -0.25) is 9.59 Å². The van der Waals surface area contributed by atoms with Crippen molar-refractivity contribution in [2.24, 2.45) is 39.4 Å². The van der Waals surface area contributed by atoms with Crippen molar-refractivity contribution in [2.75, 3.05) is 13.2 Å². The zero-order chi connectivity index (χ0) is 42.0. The molecule has 4 aliphatic carbocycles. The van der Waals surface area contributed by atoms with E-state index in [9.17, 15) is 50.4 Å². The van der Waals surface area contributed by atoms with Crippen molar-refractivity contribution in [3.63, 3.8) is 0 Å². The Hall–Kier alpha value is -1.44. The summed E-state index contributed by atoms with van der Waals surface area (Å²) in [6.07, 6.45) is -11.2. The molecule has 0 amide bonds. The number of ketones is 2. The molecule has 7 rings (SSSR count). The van der Waals surface area contributed by atoms with E-state index in [4.69, 9.17) is 23.7 Å². The number of aliphatic hydroxyl groups excluding tert-OH is 8. The van der Waals surface area contributed by atoms with Gasteiger partial charge < -0.3 is 64.5 Å². The van der Waals surface area contributed by atoms with Crippen LogP contribution in [0.4, 0.5) is 0 Å². The lowest BCUT2D eigenvalue weighted by Gasteiger charge is -2.65. The highest BCUT2D eigenvalue weighted by Gasteiger charge is 2.75. The molecule has 3 heterocycles. The van der Waals surface area contributed by atoms with Gasteiger partial charge in [-0.25, -0.2) is 0 Å². The molecule has 7 aliphatic rings. The van der Waals surface area contributed by atoms with Crippen molar-refractivity contribution < 1.29 is 74.1 Å². The van der Waals surface area contributed by atoms with Crippen molar-refractivity contribution >= 4 is 11.6 Å². The fraction of sp³-hybridized carbons (Fsp3) is 0.905. The first-order valence-corrected chi connectivity index (χ1v) is 20.8. The molecular weight excluding hydrogens is 744 g/mol. The predicted molar refractivity (Wildman–Crippen MR) is 200 cm³/mol. The second-order valence-electron chi connectivity index (χ2n) is 20.3. The highest BCUT2D eigenvalue weighted by atomic mass is 16.7. The second-order valence-corrected chi connectivity index (χ2v) is 20.3. The quantitative estimate of drug-likeness (QED) is 0.165. The normalized spacial score (nSPS) is 53.4. The number of aliphatic hydroxyl groups is 8. The third-order valence-electron chi connectivity index (χ3n) is 16.4. The molecule has 3 saturated heterocycles. The Morgan fingerprint density at radius 1 is 0.754 bits per heavy atom. The SMILES string of the molecule is CC1(C)CCC(=O)[C@@](C)([C@H]2[C@H](O)C[C@@]3(C)[C@@H]4CC=C5[C@@H](CC[C@H](O[C@@H]6O[C@H](CO[C@@H]7O[C@H](CO)[C@@H](O)[C@H](O)[C@H]7O)[C@@H](O)[C@H](O)[C@H]6O)C5(C)C)[C@]4(C)C(=O)C[C@]23C)O1. The Balaban J connectivity index is 1.10. The Morgan fingerprint density at radius 2 is 1.37 bits per heavy atom. The zero-order valence-corrected chi connectivity index (χ0v) is 34.5. The van der Waals surface area contributed by atoms with Crippen LogP contribution >= 0.6 is 0 Å². The summed E-state index contributed by atoms with van der Waals surface area (Å²) in [6, 6.07) is 0. The summed E-state index contributed by atoms with van der Waals surface area (Å²) >= 11 is 0. The van der Waals surface area contributed by atoms with Crippen LogP contribution in [0.2, 0.25) is 0 Å². The number of allylic oxidation sites excluding steroid dienone is 1. The number of ether oxygens (including phenoxy) is 5. The third-order valence-corrected chi connectivity index (χ3v) is 16.4. The average molecular weight is 811 g/mol. The van der Waals surface area contributed by atoms with Crippen LogP contribution in [-0.4, -0.2) is 150 Å². The van der Waals surface area contributed by atoms with Crippen molar-refractivity contribution in [3.05, 3.63) is 11.6 Å². The van der Waals surface area contributed by atoms with E-state index in [2.05, 4.69) is 26.8 Å². The second kappa shape index (κ2) is 14.6. The number of carbonyl (C=O) groups is 2. The van der Waals surface area contributed by atoms with Crippen LogP contribution in [0.3, 0.4) is 0 Å². The molecule has 19 atom stereocenters. The largest absolute Gasteiger partial charge is 0.394 e. The minimum absolute atomic E-state index is 0.0234. The third kappa shape index (κ3) is 6.48. The van der Waals surface area contributed by atoms with Crippen LogP contribution in [0.15, 0.2) is 11.6 Å². The smallest absolute Gasteiger partial charge is 0.187 e. The first kappa shape index (κ1) is 43.6. The first-order valence-electron chi connectivity index (χ1n) is 20.8. The topological polar surface area (TPSA) is 242 Å². The van der Waals surface area contributed by atoms with Gasteiger partial charge in [0.25, 0.3) is 0 Å². The van der Waals surface area contributed by atoms with Gasteiger partial charge in [0.05, 0.1) is 31.0 Å². The molecule has 15 nitrogen and oxygen atoms in total. The molecule has 6 fully saturated rings. The molecule has 8 N–H and O–H groups in total. The molecule has 57 heavy (non-hydrogen) atoms. The number of Topliss-reactive ketones (excluding diaryl/α,β-unsaturated/α-hetero) is 2. The van der Waals surface area contributed by atoms with E-state index < -0.39 is 126 Å². The number of hydrogen-bond acceptors (Lipinski definition) is 15. The van der Waals surface area contributed by atoms with E-state index in [0.717, 1.165) is 5.57 Å². The molecular formula is C42H66O15. The summed E-state index contributed by atoms with van der Waals surface area (Å²) in [5.41, 5.74) is -3.33. The Morgan fingerprint density at radius 3 is 2.02 bits per heavy atom. The van der Waals surface area contributed by atoms with Gasteiger partial charge in [-0.05, 0) is 75.5 Å². The van der Waals surface area contributed by atoms with Gasteiger partial charge >= 0.3 is 0 Å². The molecule has 0 radical (unpaired) electrons. The lowest BCUT2D eigenvalue weighted by Crippen LogP contribution is -2.66. The Labute approximate surface area is 334 Å². The van der Waals surface area contributed by atoms with Crippen LogP contribution in [-0.2, 0) is 33.3 Å². The van der Waals surface area contributed by atoms with Gasteiger partial charge in [0, 0.05) is 29.6 Å². The van der Waals surface area contributed by atoms with E-state index in [1.54, 1.807) is 0 Å². The summed E-state index contributed by atoms with van der Waals surface area (Å²) in [6.45, 7) is 15.1. The van der Waals surface area contributed by atoms with Crippen molar-refractivity contribution in [3.8, 4) is 0 Å². The van der Waals surface area contributed by atoms with Crippen LogP contribution in [0.5, 0.6) is 0 Å². The van der Waals surface area contributed by atoms with Crippen LogP contribution in [0.25, 0.3) is 0 Å². The molecule has 15 heteroatoms. The number of rotatable bonds is 7. The fourth-order valence-corrected chi connectivity index (χ4v) is 13.0. The maximum atomic E-state index is 14.9. The Bertz CT molecular complexity index is 1600. The maximum absolute atomic E-state index is 14.9. The standard InChI is InChI=1S/C42H66O15/c1-37(2)14-13-25(45)42(8,57-37)34-21(44)15-39(5)24-11-9-19-20(41(24,7)26(46)16-40(34,39)6)10-12-27(38(19,3)4)56-36-33(52)31(50)29(48)23(55-36)18-53-35-32(51)30(49)28(47)22(17-43)54-35/h9,20-24,27-36,43-44,47-52H,10-18H2,1-8H3/t20-,21-,22-,23-,24+,27+,28-,29-,30+,31+,32-,33-,34+,35-,36+,39+,40-,41+,42+/m1/s1. The lowest BCUT2D eigenvalue weighted by atomic mass is 9.38. The van der Waals surface area contributed by atoms with Gasteiger partial charge in [-0.2, -0.15) is 0 Å². The highest BCUT2D eigenvalue weighted by Crippen LogP contribution is 2.75. The highest BCUT2D eigenvalue weighted by molar-refractivity contribution is 5.90. The summed E-state index contributed by atoms with van der Waals surface area (Å²) < 4.78 is 30.1. The Kier molecular flexibility index (Phi) is 11.2. The minimum atomic E-state index is -1.69. The fourth-order valence-electron chi connectivity index (χ4n) is 13.0. The number of carbonyl (C=O) groups excluding carboxylic acids is 2. The molecule has 0 aromatic carbocycles. The van der Waals surface area contributed by atoms with E-state index in [1.165, 1.54) is 0 Å². The summed E-state index contributed by atoms with van der Waals surface area (Å²) in [5.74, 6) is -0.706. The zero-order valence-electron chi connectivity index (χ0n) is 34.5. The summed E-state index contributed by atoms with van der Waals surface area (Å²) in [5, 5.41) is 84.9. The monoisotopic (exact) mass is 810 g/mol. The molecule has 0 unspecified atom stereocenters. The van der Waals surface area contributed by atoms with E-state index >= 15 is 0 Å². The molecule has 0 aromatic heterocycles. The van der Waals surface area contributed by atoms with Gasteiger partial charge in [0.1, 0.15) is 60.2 Å². The number of hydrogen-bond donors (Lipinski definition) is 8. The van der Waals surface area contributed by atoms with E-state index in [0.29, 0.717) is 38.5 Å². The molecule has 0 bridgehead atoms. The van der Waals surface area contributed by atoms with Gasteiger partial charge in [-0.15, -0.1) is 0 Å². The maximum Gasteiger partial charge on any atom is 0.187 e. The predicted octanol–water partition coefficient (Wildman–Crippen LogP) is 0.668. The van der Waals surface area contributed by atoms with E-state index in [-0.39, 0.29) is 29.8 Å². The first-order chi connectivity index (χ1) is 26.4. The summed E-state index contributed by atoms with van der Waals surface area (Å²) in [7, 11) is 0. The van der Waals surface area contributed by atoms with Crippen LogP contribution in [0, 0.1) is 39.4 Å². The van der Waals surface area contributed by atoms with Gasteiger partial charge in [-0.1, -0.05) is 46.3 Å². The van der Waals surface area contributed by atoms with Crippen molar-refractivity contribution in [1.82, 2.24) is 0 Å². The van der Waals surface area contributed by atoms with Crippen LogP contribution in [0.1, 0.15) is 100 Å². The van der Waals surface area contributed by atoms with Crippen molar-refractivity contribution in [1.29, 1.82) is 0 Å². The number of fused-ring (bicyclic) bond motifs is 5. The molecule has 3 aliphatic heterocycles. The van der Waals surface area contributed by atoms with Gasteiger partial charge in [0.2, 0.25) is 0 Å². The average Bonchev–Trinajstić information content (AvgIpc) is 3.34. The van der Waals surface area contributed by atoms with Crippen molar-refractivity contribution in [2.45, 2.75) is 185 Å². The van der Waals surface area contributed by atoms with Gasteiger partial charge in [0.15, 0.2) is 18.4 Å². The van der Waals surface area contributed by atoms with Crippen LogP contribution < -0.4 is 0 Å². The molecule has 0 aromatic rings. The molecule has 324 valence electrons. The van der Waals surface area contributed by atoms with E-state index in [1.807, 2.05) is 34.6 Å². The molecule has 3 saturated carbocycles. The summed E-state index contributed by atoms with van der Waals surface area (Å²) in [4.78, 5) is 28.6.